The van der Waals surface area contributed by atoms with Gasteiger partial charge < -0.3 is 14.5 Å². The fourth-order valence-corrected chi connectivity index (χ4v) is 4.59. The maximum absolute atomic E-state index is 13.3. The molecule has 5 rings (SSSR count). The van der Waals surface area contributed by atoms with Crippen LogP contribution < -0.4 is 10.1 Å². The Balaban J connectivity index is 1.26. The third kappa shape index (κ3) is 6.37. The lowest BCUT2D eigenvalue weighted by molar-refractivity contribution is -0.122. The molecular formula is C29H22FN3O4S. The van der Waals surface area contributed by atoms with Crippen LogP contribution in [0.4, 0.5) is 15.8 Å². The molecule has 0 unspecified atom stereocenters. The van der Waals surface area contributed by atoms with E-state index in [1.807, 2.05) is 36.4 Å². The number of benzene rings is 3. The van der Waals surface area contributed by atoms with Gasteiger partial charge in [-0.05, 0) is 84.1 Å². The Hall–Kier alpha value is -4.63. The van der Waals surface area contributed by atoms with Gasteiger partial charge in [0.1, 0.15) is 17.3 Å². The summed E-state index contributed by atoms with van der Waals surface area (Å²) in [7, 11) is 0. The molecule has 1 fully saturated rings. The Kier molecular flexibility index (Phi) is 7.65. The standard InChI is InChI=1S/C29H22FN3O4S/c30-21-10-12-23(13-11-21)31-27(34)19-37-24-14-8-20(9-15-24)17-26-28(35)33(18-25-7-4-16-36-25)29(38-26)32-22-5-2-1-3-6-22/h1-17H,18-19H2,(H,31,34)/b26-17-,32-29?. The summed E-state index contributed by atoms with van der Waals surface area (Å²) in [5.41, 5.74) is 2.03. The second-order valence-electron chi connectivity index (χ2n) is 8.22. The molecule has 4 aromatic rings. The molecule has 190 valence electrons. The minimum Gasteiger partial charge on any atom is -0.484 e. The van der Waals surface area contributed by atoms with Crippen LogP contribution in [-0.2, 0) is 16.1 Å². The van der Waals surface area contributed by atoms with Gasteiger partial charge in [0.05, 0.1) is 23.4 Å². The summed E-state index contributed by atoms with van der Waals surface area (Å²) in [5.74, 6) is 0.247. The van der Waals surface area contributed by atoms with Crippen molar-refractivity contribution in [3.05, 3.63) is 119 Å². The number of hydrogen-bond donors (Lipinski definition) is 1. The predicted molar refractivity (Wildman–Crippen MR) is 145 cm³/mol. The third-order valence-corrected chi connectivity index (χ3v) is 6.45. The number of halogens is 1. The summed E-state index contributed by atoms with van der Waals surface area (Å²) in [5, 5.41) is 3.21. The lowest BCUT2D eigenvalue weighted by atomic mass is 10.2. The molecule has 3 aromatic carbocycles. The highest BCUT2D eigenvalue weighted by molar-refractivity contribution is 8.18. The number of carbonyl (C=O) groups is 2. The van der Waals surface area contributed by atoms with E-state index in [2.05, 4.69) is 10.3 Å². The highest BCUT2D eigenvalue weighted by Crippen LogP contribution is 2.35. The lowest BCUT2D eigenvalue weighted by Gasteiger charge is -2.13. The lowest BCUT2D eigenvalue weighted by Crippen LogP contribution is -2.28. The number of aliphatic imine (C=N–C) groups is 1. The van der Waals surface area contributed by atoms with Gasteiger partial charge in [-0.3, -0.25) is 14.5 Å². The summed E-state index contributed by atoms with van der Waals surface area (Å²) in [6, 6.07) is 25.6. The van der Waals surface area contributed by atoms with E-state index in [9.17, 15) is 14.0 Å². The molecule has 9 heteroatoms. The van der Waals surface area contributed by atoms with Crippen molar-refractivity contribution >= 4 is 46.2 Å². The van der Waals surface area contributed by atoms with Crippen LogP contribution in [0, 0.1) is 5.82 Å². The molecule has 0 bridgehead atoms. The van der Waals surface area contributed by atoms with E-state index in [1.165, 1.54) is 36.0 Å². The van der Waals surface area contributed by atoms with E-state index >= 15 is 0 Å². The summed E-state index contributed by atoms with van der Waals surface area (Å²) in [6.45, 7) is 0.0712. The van der Waals surface area contributed by atoms with Crippen molar-refractivity contribution < 1.29 is 23.1 Å². The van der Waals surface area contributed by atoms with Crippen molar-refractivity contribution in [3.63, 3.8) is 0 Å². The van der Waals surface area contributed by atoms with Gasteiger partial charge in [-0.2, -0.15) is 0 Å². The first kappa shape index (κ1) is 25.0. The Morgan fingerprint density at radius 3 is 2.47 bits per heavy atom. The van der Waals surface area contributed by atoms with Crippen molar-refractivity contribution in [1.82, 2.24) is 4.90 Å². The second kappa shape index (κ2) is 11.6. The molecular weight excluding hydrogens is 505 g/mol. The summed E-state index contributed by atoms with van der Waals surface area (Å²) in [6.07, 6.45) is 3.37. The molecule has 2 heterocycles. The van der Waals surface area contributed by atoms with Crippen LogP contribution in [0.25, 0.3) is 6.08 Å². The van der Waals surface area contributed by atoms with E-state index in [-0.39, 0.29) is 30.8 Å². The fourth-order valence-electron chi connectivity index (χ4n) is 3.59. The fraction of sp³-hybridized carbons (Fsp3) is 0.0690. The Labute approximate surface area is 222 Å². The van der Waals surface area contributed by atoms with Crippen LogP contribution in [0.1, 0.15) is 11.3 Å². The Morgan fingerprint density at radius 1 is 1.00 bits per heavy atom. The number of anilines is 1. The van der Waals surface area contributed by atoms with Crippen molar-refractivity contribution in [2.45, 2.75) is 6.54 Å². The molecule has 1 N–H and O–H groups in total. The molecule has 0 atom stereocenters. The van der Waals surface area contributed by atoms with E-state index in [4.69, 9.17) is 9.15 Å². The number of amidine groups is 1. The minimum absolute atomic E-state index is 0.168. The maximum atomic E-state index is 13.3. The first-order valence-corrected chi connectivity index (χ1v) is 12.5. The quantitative estimate of drug-likeness (QED) is 0.274. The molecule has 0 radical (unpaired) electrons. The van der Waals surface area contributed by atoms with Crippen LogP contribution >= 0.6 is 11.8 Å². The van der Waals surface area contributed by atoms with E-state index < -0.39 is 0 Å². The van der Waals surface area contributed by atoms with Crippen molar-refractivity contribution in [3.8, 4) is 5.75 Å². The van der Waals surface area contributed by atoms with E-state index in [0.717, 1.165) is 11.3 Å². The minimum atomic E-state index is -0.378. The average Bonchev–Trinajstić information content (AvgIpc) is 3.55. The van der Waals surface area contributed by atoms with Crippen LogP contribution in [0.15, 0.2) is 112 Å². The topological polar surface area (TPSA) is 84.1 Å². The zero-order valence-corrected chi connectivity index (χ0v) is 20.9. The second-order valence-corrected chi connectivity index (χ2v) is 9.23. The zero-order valence-electron chi connectivity index (χ0n) is 20.0. The number of furan rings is 1. The van der Waals surface area contributed by atoms with Crippen LogP contribution in [0.3, 0.4) is 0 Å². The normalized spacial score (nSPS) is 15.3. The van der Waals surface area contributed by atoms with Gasteiger partial charge in [-0.1, -0.05) is 30.3 Å². The summed E-state index contributed by atoms with van der Waals surface area (Å²) >= 11 is 1.30. The molecule has 1 saturated heterocycles. The smallest absolute Gasteiger partial charge is 0.267 e. The molecule has 1 aliphatic heterocycles. The number of nitrogens with one attached hydrogen (secondary N) is 1. The molecule has 0 spiro atoms. The van der Waals surface area contributed by atoms with Crippen molar-refractivity contribution in [2.75, 3.05) is 11.9 Å². The third-order valence-electron chi connectivity index (χ3n) is 5.44. The van der Waals surface area contributed by atoms with Crippen LogP contribution in [0.5, 0.6) is 5.75 Å². The van der Waals surface area contributed by atoms with Crippen LogP contribution in [-0.4, -0.2) is 28.5 Å². The molecule has 1 aromatic heterocycles. The first-order valence-electron chi connectivity index (χ1n) is 11.7. The Morgan fingerprint density at radius 2 is 1.76 bits per heavy atom. The summed E-state index contributed by atoms with van der Waals surface area (Å²) in [4.78, 5) is 32.2. The van der Waals surface area contributed by atoms with E-state index in [1.54, 1.807) is 47.6 Å². The van der Waals surface area contributed by atoms with Gasteiger partial charge in [0.15, 0.2) is 11.8 Å². The molecule has 38 heavy (non-hydrogen) atoms. The number of para-hydroxylation sites is 1. The van der Waals surface area contributed by atoms with Crippen LogP contribution in [0.2, 0.25) is 0 Å². The maximum Gasteiger partial charge on any atom is 0.267 e. The van der Waals surface area contributed by atoms with E-state index in [0.29, 0.717) is 27.3 Å². The van der Waals surface area contributed by atoms with Crippen molar-refractivity contribution in [2.24, 2.45) is 4.99 Å². The van der Waals surface area contributed by atoms with Gasteiger partial charge in [0.25, 0.3) is 11.8 Å². The number of amides is 2. The predicted octanol–water partition coefficient (Wildman–Crippen LogP) is 6.24. The van der Waals surface area contributed by atoms with Gasteiger partial charge >= 0.3 is 0 Å². The molecule has 7 nitrogen and oxygen atoms in total. The number of rotatable bonds is 8. The zero-order chi connectivity index (χ0) is 26.3. The van der Waals surface area contributed by atoms with Gasteiger partial charge in [-0.15, -0.1) is 0 Å². The van der Waals surface area contributed by atoms with Gasteiger partial charge in [0, 0.05) is 5.69 Å². The number of thioether (sulfide) groups is 1. The molecule has 1 aliphatic rings. The monoisotopic (exact) mass is 527 g/mol. The highest BCUT2D eigenvalue weighted by atomic mass is 32.2. The van der Waals surface area contributed by atoms with Gasteiger partial charge in [-0.25, -0.2) is 9.38 Å². The average molecular weight is 528 g/mol. The molecule has 0 aliphatic carbocycles. The number of carbonyl (C=O) groups excluding carboxylic acids is 2. The largest absolute Gasteiger partial charge is 0.484 e. The van der Waals surface area contributed by atoms with Gasteiger partial charge in [0.2, 0.25) is 0 Å². The number of ether oxygens (including phenoxy) is 1. The number of nitrogens with zero attached hydrogens (tertiary/aromatic N) is 2. The summed E-state index contributed by atoms with van der Waals surface area (Å²) < 4.78 is 24.0. The molecule has 2 amide bonds. The SMILES string of the molecule is O=C(COc1ccc(/C=C2\SC(=Nc3ccccc3)N(Cc3ccco3)C2=O)cc1)Nc1ccc(F)cc1. The first-order chi connectivity index (χ1) is 18.5. The molecule has 0 saturated carbocycles. The highest BCUT2D eigenvalue weighted by Gasteiger charge is 2.34. The van der Waals surface area contributed by atoms with Crippen molar-refractivity contribution in [1.29, 1.82) is 0 Å². The Bertz CT molecular complexity index is 1470. The number of hydrogen-bond acceptors (Lipinski definition) is 6.